The zero-order valence-corrected chi connectivity index (χ0v) is 35.4. The van der Waals surface area contributed by atoms with Gasteiger partial charge in [0.05, 0.1) is 6.61 Å². The second-order valence-electron chi connectivity index (χ2n) is 15.7. The Morgan fingerprint density at radius 2 is 0.750 bits per heavy atom. The summed E-state index contributed by atoms with van der Waals surface area (Å²) in [7, 11) is 0. The molecule has 1 atom stereocenters. The fourth-order valence-electron chi connectivity index (χ4n) is 6.80. The fraction of sp³-hybridized carbons (Fsp3) is 0.915. The molecule has 0 bridgehead atoms. The summed E-state index contributed by atoms with van der Waals surface area (Å²) in [4.78, 5) is 25.0. The number of carbonyl (C=O) groups excluding carboxylic acids is 2. The molecule has 5 heteroatoms. The first-order chi connectivity index (χ1) is 25.6. The third-order valence-corrected chi connectivity index (χ3v) is 10.3. The Morgan fingerprint density at radius 1 is 0.404 bits per heavy atom. The molecular formula is C47H90O5. The Hall–Kier alpha value is -1.36. The number of hydrogen-bond donors (Lipinski definition) is 0. The summed E-state index contributed by atoms with van der Waals surface area (Å²) in [6, 6.07) is 0. The van der Waals surface area contributed by atoms with E-state index in [1.165, 1.54) is 180 Å². The van der Waals surface area contributed by atoms with Gasteiger partial charge in [-0.1, -0.05) is 206 Å². The van der Waals surface area contributed by atoms with E-state index < -0.39 is 6.10 Å². The molecule has 0 aromatic rings. The second-order valence-corrected chi connectivity index (χ2v) is 15.7. The van der Waals surface area contributed by atoms with Gasteiger partial charge < -0.3 is 14.2 Å². The first-order valence-corrected chi connectivity index (χ1v) is 23.2. The van der Waals surface area contributed by atoms with Gasteiger partial charge in [0.2, 0.25) is 0 Å². The van der Waals surface area contributed by atoms with E-state index in [0.717, 1.165) is 38.5 Å². The van der Waals surface area contributed by atoms with Gasteiger partial charge >= 0.3 is 11.9 Å². The number of ether oxygens (including phenoxy) is 3. The minimum atomic E-state index is -0.524. The van der Waals surface area contributed by atoms with E-state index in [1.54, 1.807) is 0 Å². The molecule has 0 N–H and O–H groups in total. The van der Waals surface area contributed by atoms with Crippen molar-refractivity contribution >= 4 is 11.9 Å². The monoisotopic (exact) mass is 735 g/mol. The van der Waals surface area contributed by atoms with E-state index in [-0.39, 0.29) is 18.5 Å². The Kier molecular flexibility index (Phi) is 42.9. The van der Waals surface area contributed by atoms with Crippen molar-refractivity contribution in [2.24, 2.45) is 0 Å². The molecule has 0 fully saturated rings. The van der Waals surface area contributed by atoms with E-state index in [4.69, 9.17) is 14.2 Å². The molecule has 52 heavy (non-hydrogen) atoms. The van der Waals surface area contributed by atoms with Gasteiger partial charge in [-0.05, 0) is 44.9 Å². The van der Waals surface area contributed by atoms with Crippen molar-refractivity contribution < 1.29 is 23.8 Å². The normalized spacial score (nSPS) is 12.1. The molecule has 0 rings (SSSR count). The molecule has 0 spiro atoms. The van der Waals surface area contributed by atoms with Crippen molar-refractivity contribution in [3.8, 4) is 0 Å². The highest BCUT2D eigenvalue weighted by Gasteiger charge is 2.17. The van der Waals surface area contributed by atoms with E-state index >= 15 is 0 Å². The summed E-state index contributed by atoms with van der Waals surface area (Å²) >= 11 is 0. The first kappa shape index (κ1) is 50.6. The van der Waals surface area contributed by atoms with Crippen molar-refractivity contribution in [3.63, 3.8) is 0 Å². The van der Waals surface area contributed by atoms with Crippen LogP contribution in [0.15, 0.2) is 12.2 Å². The average molecular weight is 735 g/mol. The van der Waals surface area contributed by atoms with Gasteiger partial charge in [-0.2, -0.15) is 0 Å². The van der Waals surface area contributed by atoms with Crippen molar-refractivity contribution in [2.45, 2.75) is 258 Å². The van der Waals surface area contributed by atoms with Crippen molar-refractivity contribution in [3.05, 3.63) is 12.2 Å². The number of rotatable bonds is 43. The Balaban J connectivity index is 4.01. The van der Waals surface area contributed by atoms with Crippen molar-refractivity contribution in [1.29, 1.82) is 0 Å². The number of hydrogen-bond acceptors (Lipinski definition) is 5. The van der Waals surface area contributed by atoms with Crippen LogP contribution in [-0.2, 0) is 23.8 Å². The highest BCUT2D eigenvalue weighted by atomic mass is 16.6. The minimum Gasteiger partial charge on any atom is -0.462 e. The number of esters is 2. The zero-order valence-electron chi connectivity index (χ0n) is 35.4. The Bertz CT molecular complexity index is 750. The Morgan fingerprint density at radius 3 is 1.17 bits per heavy atom. The zero-order chi connectivity index (χ0) is 37.8. The lowest BCUT2D eigenvalue weighted by atomic mass is 10.0. The SMILES string of the molecule is CCCCCCCC/C=C\CCCCCCCCCC(=O)OCC(COCCCCCCCCCCCCCCCC)OC(=O)CCCCCCC. The molecule has 308 valence electrons. The highest BCUT2D eigenvalue weighted by Crippen LogP contribution is 2.15. The number of unbranched alkanes of at least 4 members (excludes halogenated alkanes) is 30. The minimum absolute atomic E-state index is 0.0898. The van der Waals surface area contributed by atoms with Crippen LogP contribution in [0, 0.1) is 0 Å². The first-order valence-electron chi connectivity index (χ1n) is 23.2. The van der Waals surface area contributed by atoms with Gasteiger partial charge in [0.1, 0.15) is 6.61 Å². The molecule has 0 amide bonds. The van der Waals surface area contributed by atoms with E-state index in [9.17, 15) is 9.59 Å². The van der Waals surface area contributed by atoms with Crippen LogP contribution in [-0.4, -0.2) is 37.9 Å². The lowest BCUT2D eigenvalue weighted by Crippen LogP contribution is -2.30. The third-order valence-electron chi connectivity index (χ3n) is 10.3. The smallest absolute Gasteiger partial charge is 0.306 e. The molecule has 0 aromatic carbocycles. The van der Waals surface area contributed by atoms with Crippen LogP contribution in [0.3, 0.4) is 0 Å². The number of allylic oxidation sites excluding steroid dienone is 2. The molecule has 0 aliphatic heterocycles. The molecule has 0 aliphatic carbocycles. The van der Waals surface area contributed by atoms with Crippen molar-refractivity contribution in [1.82, 2.24) is 0 Å². The van der Waals surface area contributed by atoms with Crippen molar-refractivity contribution in [2.75, 3.05) is 19.8 Å². The standard InChI is InChI=1S/C47H90O5/c1-4-7-10-13-15-17-19-21-23-24-25-26-28-30-32-35-37-40-46(48)51-44-45(52-47(49)41-38-34-12-9-6-3)43-50-42-39-36-33-31-29-27-22-20-18-16-14-11-8-5-2/h21,23,45H,4-20,22,24-44H2,1-3H3/b23-21-. The predicted octanol–water partition coefficient (Wildman–Crippen LogP) is 15.1. The van der Waals surface area contributed by atoms with Crippen LogP contribution in [0.2, 0.25) is 0 Å². The van der Waals surface area contributed by atoms with Gasteiger partial charge in [0, 0.05) is 19.4 Å². The van der Waals surface area contributed by atoms with Gasteiger partial charge in [0.15, 0.2) is 6.10 Å². The topological polar surface area (TPSA) is 61.8 Å². The third kappa shape index (κ3) is 41.4. The maximum Gasteiger partial charge on any atom is 0.306 e. The lowest BCUT2D eigenvalue weighted by molar-refractivity contribution is -0.163. The van der Waals surface area contributed by atoms with Crippen LogP contribution >= 0.6 is 0 Å². The molecule has 0 saturated carbocycles. The molecule has 1 unspecified atom stereocenters. The van der Waals surface area contributed by atoms with Crippen LogP contribution in [0.5, 0.6) is 0 Å². The van der Waals surface area contributed by atoms with Gasteiger partial charge in [-0.3, -0.25) is 9.59 Å². The molecule has 0 aliphatic rings. The second kappa shape index (κ2) is 44.0. The van der Waals surface area contributed by atoms with E-state index in [2.05, 4.69) is 32.9 Å². The summed E-state index contributed by atoms with van der Waals surface area (Å²) in [5.41, 5.74) is 0. The fourth-order valence-corrected chi connectivity index (χ4v) is 6.80. The maximum atomic E-state index is 12.5. The quantitative estimate of drug-likeness (QED) is 0.0355. The predicted molar refractivity (Wildman–Crippen MR) is 224 cm³/mol. The van der Waals surface area contributed by atoms with Crippen LogP contribution < -0.4 is 0 Å². The summed E-state index contributed by atoms with van der Waals surface area (Å²) in [6.45, 7) is 7.79. The summed E-state index contributed by atoms with van der Waals surface area (Å²) in [5, 5.41) is 0. The maximum absolute atomic E-state index is 12.5. The molecule has 5 nitrogen and oxygen atoms in total. The van der Waals surface area contributed by atoms with Crippen LogP contribution in [0.4, 0.5) is 0 Å². The van der Waals surface area contributed by atoms with Gasteiger partial charge in [-0.25, -0.2) is 0 Å². The average Bonchev–Trinajstić information content (AvgIpc) is 3.14. The van der Waals surface area contributed by atoms with Gasteiger partial charge in [0.25, 0.3) is 0 Å². The van der Waals surface area contributed by atoms with Crippen LogP contribution in [0.1, 0.15) is 252 Å². The Labute approximate surface area is 325 Å². The molecule has 0 aromatic heterocycles. The van der Waals surface area contributed by atoms with E-state index in [1.807, 2.05) is 0 Å². The van der Waals surface area contributed by atoms with E-state index in [0.29, 0.717) is 26.1 Å². The lowest BCUT2D eigenvalue weighted by Gasteiger charge is -2.18. The summed E-state index contributed by atoms with van der Waals surface area (Å²) in [5.74, 6) is -0.401. The molecular weight excluding hydrogens is 645 g/mol. The molecule has 0 radical (unpaired) electrons. The van der Waals surface area contributed by atoms with Crippen LogP contribution in [0.25, 0.3) is 0 Å². The number of carbonyl (C=O) groups is 2. The summed E-state index contributed by atoms with van der Waals surface area (Å²) < 4.78 is 17.2. The summed E-state index contributed by atoms with van der Waals surface area (Å²) in [6.07, 6.45) is 48.1. The van der Waals surface area contributed by atoms with Gasteiger partial charge in [-0.15, -0.1) is 0 Å². The molecule has 0 heterocycles. The highest BCUT2D eigenvalue weighted by molar-refractivity contribution is 5.70. The molecule has 0 saturated heterocycles. The largest absolute Gasteiger partial charge is 0.462 e.